The Hall–Kier alpha value is -1.32. The van der Waals surface area contributed by atoms with Crippen molar-refractivity contribution >= 4 is 29.5 Å². The summed E-state index contributed by atoms with van der Waals surface area (Å²) >= 11 is 1.53. The molecule has 0 heterocycles. The minimum Gasteiger partial charge on any atom is -0.396 e. The highest BCUT2D eigenvalue weighted by molar-refractivity contribution is 7.99. The van der Waals surface area contributed by atoms with Crippen molar-refractivity contribution in [3.05, 3.63) is 0 Å². The number of rotatable bonds is 14. The number of aliphatic hydroxyl groups excluding tert-OH is 1. The first kappa shape index (κ1) is 26.7. The van der Waals surface area contributed by atoms with Gasteiger partial charge in [-0.1, -0.05) is 6.92 Å². The van der Waals surface area contributed by atoms with E-state index in [1.54, 1.807) is 20.9 Å². The maximum absolute atomic E-state index is 13.1. The van der Waals surface area contributed by atoms with Crippen LogP contribution in [0, 0.1) is 0 Å². The molecular weight excluding hydrogens is 382 g/mol. The monoisotopic (exact) mass is 419 g/mol. The molecule has 3 amide bonds. The molecule has 2 atom stereocenters. The van der Waals surface area contributed by atoms with Crippen molar-refractivity contribution in [2.75, 3.05) is 32.2 Å². The highest BCUT2D eigenvalue weighted by Gasteiger charge is 2.36. The van der Waals surface area contributed by atoms with Gasteiger partial charge in [0, 0.05) is 39.3 Å². The molecule has 0 rings (SSSR count). The van der Waals surface area contributed by atoms with Gasteiger partial charge >= 0.3 is 0 Å². The molecule has 0 fully saturated rings. The van der Waals surface area contributed by atoms with E-state index in [9.17, 15) is 19.5 Å². The molecule has 0 aliphatic rings. The van der Waals surface area contributed by atoms with Gasteiger partial charge in [-0.25, -0.2) is 0 Å². The van der Waals surface area contributed by atoms with Crippen molar-refractivity contribution in [2.24, 2.45) is 5.73 Å². The molecule has 0 saturated heterocycles. The Balaban J connectivity index is 5.37. The summed E-state index contributed by atoms with van der Waals surface area (Å²) in [4.78, 5) is 40.1. The van der Waals surface area contributed by atoms with Crippen molar-refractivity contribution < 1.29 is 24.6 Å². The normalized spacial score (nSPS) is 13.7. The minimum atomic E-state index is -1.17. The van der Waals surface area contributed by atoms with E-state index < -0.39 is 23.6 Å². The van der Waals surface area contributed by atoms with Crippen LogP contribution >= 0.6 is 11.8 Å². The van der Waals surface area contributed by atoms with Crippen LogP contribution in [0.2, 0.25) is 0 Å². The first-order valence-corrected chi connectivity index (χ1v) is 10.8. The first-order valence-electron chi connectivity index (χ1n) is 9.68. The van der Waals surface area contributed by atoms with Crippen molar-refractivity contribution in [2.45, 2.75) is 70.6 Å². The van der Waals surface area contributed by atoms with E-state index in [1.165, 1.54) is 28.6 Å². The highest BCUT2D eigenvalue weighted by atomic mass is 32.2. The van der Waals surface area contributed by atoms with E-state index in [-0.39, 0.29) is 24.8 Å². The third kappa shape index (κ3) is 9.75. The van der Waals surface area contributed by atoms with Crippen LogP contribution in [-0.2, 0) is 14.4 Å². The van der Waals surface area contributed by atoms with Gasteiger partial charge in [-0.2, -0.15) is 11.8 Å². The molecule has 164 valence electrons. The Bertz CT molecular complexity index is 510. The fraction of sp³-hybridized carbons (Fsp3) is 0.842. The number of aliphatic hydroxyl groups is 2. The van der Waals surface area contributed by atoms with E-state index in [0.717, 1.165) is 12.2 Å². The summed E-state index contributed by atoms with van der Waals surface area (Å²) in [7, 11) is 3.07. The van der Waals surface area contributed by atoms with Crippen molar-refractivity contribution in [1.82, 2.24) is 9.80 Å². The number of carbonyl (C=O) groups is 3. The van der Waals surface area contributed by atoms with Crippen LogP contribution in [0.5, 0.6) is 0 Å². The van der Waals surface area contributed by atoms with E-state index in [1.807, 2.05) is 6.92 Å². The number of unbranched alkanes of at least 4 members (excludes halogenated alkanes) is 1. The predicted molar refractivity (Wildman–Crippen MR) is 112 cm³/mol. The maximum Gasteiger partial charge on any atom is 0.246 e. The lowest BCUT2D eigenvalue weighted by Gasteiger charge is -2.35. The zero-order valence-corrected chi connectivity index (χ0v) is 18.6. The van der Waals surface area contributed by atoms with Gasteiger partial charge in [0.2, 0.25) is 17.7 Å². The Kier molecular flexibility index (Phi) is 12.4. The first-order chi connectivity index (χ1) is 13.0. The van der Waals surface area contributed by atoms with Crippen LogP contribution in [-0.4, -0.2) is 87.6 Å². The van der Waals surface area contributed by atoms with Gasteiger partial charge < -0.3 is 25.7 Å². The molecule has 9 heteroatoms. The summed E-state index contributed by atoms with van der Waals surface area (Å²) in [6.45, 7) is 5.11. The van der Waals surface area contributed by atoms with Crippen LogP contribution < -0.4 is 5.73 Å². The molecule has 28 heavy (non-hydrogen) atoms. The van der Waals surface area contributed by atoms with Crippen LogP contribution in [0.4, 0.5) is 0 Å². The average Bonchev–Trinajstić information content (AvgIpc) is 2.60. The zero-order valence-electron chi connectivity index (χ0n) is 17.8. The van der Waals surface area contributed by atoms with E-state index in [2.05, 4.69) is 0 Å². The lowest BCUT2D eigenvalue weighted by atomic mass is 9.97. The Labute approximate surface area is 172 Å². The molecule has 0 bridgehead atoms. The molecule has 0 aliphatic carbocycles. The van der Waals surface area contributed by atoms with Crippen LogP contribution in [0.25, 0.3) is 0 Å². The van der Waals surface area contributed by atoms with Gasteiger partial charge in [-0.05, 0) is 38.9 Å². The Morgan fingerprint density at radius 3 is 2.18 bits per heavy atom. The van der Waals surface area contributed by atoms with Crippen molar-refractivity contribution in [1.29, 1.82) is 0 Å². The molecule has 0 radical (unpaired) electrons. The van der Waals surface area contributed by atoms with Gasteiger partial charge in [-0.15, -0.1) is 0 Å². The Morgan fingerprint density at radius 1 is 1.11 bits per heavy atom. The van der Waals surface area contributed by atoms with Gasteiger partial charge in [0.1, 0.15) is 12.1 Å². The summed E-state index contributed by atoms with van der Waals surface area (Å²) in [5.41, 5.74) is 4.29. The number of hydrogen-bond acceptors (Lipinski definition) is 6. The predicted octanol–water partition coefficient (Wildman–Crippen LogP) is 0.593. The second-order valence-corrected chi connectivity index (χ2v) is 8.81. The summed E-state index contributed by atoms with van der Waals surface area (Å²) in [6.07, 6.45) is 2.51. The second-order valence-electron chi connectivity index (χ2n) is 7.66. The average molecular weight is 420 g/mol. The quantitative estimate of drug-likeness (QED) is 0.354. The zero-order chi connectivity index (χ0) is 21.9. The van der Waals surface area contributed by atoms with E-state index in [4.69, 9.17) is 10.8 Å². The molecule has 0 saturated carbocycles. The number of hydrogen-bond donors (Lipinski definition) is 3. The summed E-state index contributed by atoms with van der Waals surface area (Å²) in [6, 6.07) is -1.70. The third-order valence-electron chi connectivity index (χ3n) is 4.42. The van der Waals surface area contributed by atoms with Gasteiger partial charge in [-0.3, -0.25) is 14.4 Å². The molecule has 0 aromatic heterocycles. The third-order valence-corrected chi connectivity index (χ3v) is 5.55. The lowest BCUT2D eigenvalue weighted by Crippen LogP contribution is -2.56. The van der Waals surface area contributed by atoms with Crippen molar-refractivity contribution in [3.63, 3.8) is 0 Å². The molecule has 0 spiro atoms. The second kappa shape index (κ2) is 13.0. The SMILES string of the molecule is CCCC(=O)N(C)[C@@H](CSCCCCO)C(=O)N(C)[C@@H](CC(C)(C)O)C(N)=O. The fourth-order valence-corrected chi connectivity index (χ4v) is 3.88. The minimum absolute atomic E-state index is 0.00750. The van der Waals surface area contributed by atoms with Gasteiger partial charge in [0.15, 0.2) is 0 Å². The summed E-state index contributed by atoms with van der Waals surface area (Å²) in [5.74, 6) is -0.0747. The number of carbonyl (C=O) groups excluding carboxylic acids is 3. The standard InChI is InChI=1S/C19H37N3O5S/c1-6-9-16(24)21(4)15(13-28-11-8-7-10-23)18(26)22(5)14(17(20)25)12-19(2,3)27/h14-15,23,27H,6-13H2,1-5H3,(H2,20,25)/t14-,15-/m0/s1. The number of nitrogens with two attached hydrogens (primary N) is 1. The number of thioether (sulfide) groups is 1. The van der Waals surface area contributed by atoms with Gasteiger partial charge in [0.05, 0.1) is 5.60 Å². The van der Waals surface area contributed by atoms with Crippen LogP contribution in [0.1, 0.15) is 52.9 Å². The number of likely N-dealkylation sites (N-methyl/N-ethyl adjacent to an activating group) is 2. The molecule has 0 aromatic rings. The fourth-order valence-electron chi connectivity index (χ4n) is 2.71. The van der Waals surface area contributed by atoms with E-state index in [0.29, 0.717) is 25.0 Å². The molecule has 4 N–H and O–H groups in total. The molecule has 0 aromatic carbocycles. The topological polar surface area (TPSA) is 124 Å². The Morgan fingerprint density at radius 2 is 1.71 bits per heavy atom. The highest BCUT2D eigenvalue weighted by Crippen LogP contribution is 2.19. The van der Waals surface area contributed by atoms with Gasteiger partial charge in [0.25, 0.3) is 0 Å². The largest absolute Gasteiger partial charge is 0.396 e. The van der Waals surface area contributed by atoms with Crippen molar-refractivity contribution in [3.8, 4) is 0 Å². The smallest absolute Gasteiger partial charge is 0.246 e. The maximum atomic E-state index is 13.1. The molecule has 0 unspecified atom stereocenters. The molecule has 8 nitrogen and oxygen atoms in total. The summed E-state index contributed by atoms with van der Waals surface area (Å²) in [5, 5.41) is 18.9. The van der Waals surface area contributed by atoms with E-state index >= 15 is 0 Å². The number of primary amides is 1. The van der Waals surface area contributed by atoms with Crippen LogP contribution in [0.15, 0.2) is 0 Å². The number of nitrogens with zero attached hydrogens (tertiary/aromatic N) is 2. The summed E-state index contributed by atoms with van der Waals surface area (Å²) < 4.78 is 0. The van der Waals surface area contributed by atoms with Crippen LogP contribution in [0.3, 0.4) is 0 Å². The molecular formula is C19H37N3O5S. The lowest BCUT2D eigenvalue weighted by molar-refractivity contribution is -0.147. The number of amides is 3. The molecule has 0 aliphatic heterocycles.